The summed E-state index contributed by atoms with van der Waals surface area (Å²) in [5.74, 6) is 0.335. The van der Waals surface area contributed by atoms with Gasteiger partial charge in [0.15, 0.2) is 0 Å². The smallest absolute Gasteiger partial charge is 0.147 e. The van der Waals surface area contributed by atoms with Gasteiger partial charge in [0, 0.05) is 18.6 Å². The third-order valence-electron chi connectivity index (χ3n) is 3.09. The van der Waals surface area contributed by atoms with Crippen molar-refractivity contribution in [3.05, 3.63) is 0 Å². The molecule has 1 fully saturated rings. The fraction of sp³-hybridized carbons (Fsp3) is 0.900. The third kappa shape index (κ3) is 3.91. The van der Waals surface area contributed by atoms with E-state index in [-0.39, 0.29) is 29.8 Å². The number of carbonyl (C=O) groups is 1. The number of carbonyl (C=O) groups excluding carboxylic acids is 1. The lowest BCUT2D eigenvalue weighted by molar-refractivity contribution is -0.123. The SMILES string of the molecule is CS(=O)(=O)CCC(=O)C1CCCC1CN. The predicted molar refractivity (Wildman–Crippen MR) is 59.2 cm³/mol. The lowest BCUT2D eigenvalue weighted by Gasteiger charge is -2.15. The van der Waals surface area contributed by atoms with Gasteiger partial charge in [-0.1, -0.05) is 6.42 Å². The van der Waals surface area contributed by atoms with Gasteiger partial charge in [0.1, 0.15) is 15.6 Å². The summed E-state index contributed by atoms with van der Waals surface area (Å²) in [7, 11) is -3.03. The van der Waals surface area contributed by atoms with Crippen LogP contribution in [0.25, 0.3) is 0 Å². The molecule has 2 atom stereocenters. The molecule has 0 aliphatic heterocycles. The molecule has 0 aromatic carbocycles. The van der Waals surface area contributed by atoms with Gasteiger partial charge in [-0.15, -0.1) is 0 Å². The van der Waals surface area contributed by atoms with E-state index in [2.05, 4.69) is 0 Å². The fourth-order valence-electron chi connectivity index (χ4n) is 2.21. The molecule has 0 amide bonds. The molecule has 2 unspecified atom stereocenters. The Morgan fingerprint density at radius 2 is 2.07 bits per heavy atom. The van der Waals surface area contributed by atoms with Crippen LogP contribution in [0.5, 0.6) is 0 Å². The van der Waals surface area contributed by atoms with Crippen LogP contribution < -0.4 is 5.73 Å². The predicted octanol–water partition coefficient (Wildman–Crippen LogP) is 0.365. The molecule has 88 valence electrons. The minimum atomic E-state index is -3.03. The van der Waals surface area contributed by atoms with E-state index in [1.165, 1.54) is 0 Å². The zero-order chi connectivity index (χ0) is 11.5. The molecule has 0 heterocycles. The van der Waals surface area contributed by atoms with Crippen molar-refractivity contribution in [1.29, 1.82) is 0 Å². The molecule has 0 aromatic rings. The van der Waals surface area contributed by atoms with Crippen molar-refractivity contribution in [2.75, 3.05) is 18.6 Å². The number of sulfone groups is 1. The van der Waals surface area contributed by atoms with Gasteiger partial charge in [-0.2, -0.15) is 0 Å². The molecule has 1 saturated carbocycles. The first-order valence-electron chi connectivity index (χ1n) is 5.34. The molecule has 15 heavy (non-hydrogen) atoms. The molecule has 1 rings (SSSR count). The minimum Gasteiger partial charge on any atom is -0.330 e. The number of rotatable bonds is 5. The monoisotopic (exact) mass is 233 g/mol. The van der Waals surface area contributed by atoms with Gasteiger partial charge in [-0.05, 0) is 25.3 Å². The Balaban J connectivity index is 2.46. The van der Waals surface area contributed by atoms with E-state index in [0.717, 1.165) is 25.5 Å². The number of Topliss-reactive ketones (excluding diaryl/α,β-unsaturated/α-hetero) is 1. The fourth-order valence-corrected chi connectivity index (χ4v) is 2.79. The number of ketones is 1. The van der Waals surface area contributed by atoms with Crippen LogP contribution in [-0.2, 0) is 14.6 Å². The van der Waals surface area contributed by atoms with Crippen LogP contribution in [0.15, 0.2) is 0 Å². The Hall–Kier alpha value is -0.420. The van der Waals surface area contributed by atoms with Crippen molar-refractivity contribution in [2.24, 2.45) is 17.6 Å². The first-order valence-corrected chi connectivity index (χ1v) is 7.40. The highest BCUT2D eigenvalue weighted by molar-refractivity contribution is 7.90. The van der Waals surface area contributed by atoms with Crippen molar-refractivity contribution in [3.63, 3.8) is 0 Å². The van der Waals surface area contributed by atoms with E-state index < -0.39 is 9.84 Å². The molecular weight excluding hydrogens is 214 g/mol. The lowest BCUT2D eigenvalue weighted by Crippen LogP contribution is -2.26. The zero-order valence-corrected chi connectivity index (χ0v) is 9.92. The summed E-state index contributed by atoms with van der Waals surface area (Å²) < 4.78 is 21.8. The van der Waals surface area contributed by atoms with Crippen LogP contribution in [0.2, 0.25) is 0 Å². The van der Waals surface area contributed by atoms with E-state index in [1.54, 1.807) is 0 Å². The number of hydrogen-bond acceptors (Lipinski definition) is 4. The van der Waals surface area contributed by atoms with E-state index in [4.69, 9.17) is 5.73 Å². The van der Waals surface area contributed by atoms with Crippen LogP contribution in [0.3, 0.4) is 0 Å². The van der Waals surface area contributed by atoms with E-state index in [0.29, 0.717) is 6.54 Å². The highest BCUT2D eigenvalue weighted by Crippen LogP contribution is 2.32. The van der Waals surface area contributed by atoms with Gasteiger partial charge in [0.2, 0.25) is 0 Å². The van der Waals surface area contributed by atoms with Gasteiger partial charge >= 0.3 is 0 Å². The summed E-state index contributed by atoms with van der Waals surface area (Å²) in [5.41, 5.74) is 5.57. The van der Waals surface area contributed by atoms with Crippen molar-refractivity contribution in [1.82, 2.24) is 0 Å². The topological polar surface area (TPSA) is 77.2 Å². The zero-order valence-electron chi connectivity index (χ0n) is 9.11. The van der Waals surface area contributed by atoms with E-state index in [1.807, 2.05) is 0 Å². The first kappa shape index (κ1) is 12.6. The molecule has 0 bridgehead atoms. The molecule has 5 heteroatoms. The maximum absolute atomic E-state index is 11.7. The third-order valence-corrected chi connectivity index (χ3v) is 4.04. The Morgan fingerprint density at radius 1 is 1.40 bits per heavy atom. The second-order valence-electron chi connectivity index (χ2n) is 4.38. The molecule has 1 aliphatic carbocycles. The Kier molecular flexibility index (Phi) is 4.28. The van der Waals surface area contributed by atoms with E-state index >= 15 is 0 Å². The van der Waals surface area contributed by atoms with Crippen LogP contribution >= 0.6 is 0 Å². The van der Waals surface area contributed by atoms with Gasteiger partial charge in [0.25, 0.3) is 0 Å². The molecule has 0 radical (unpaired) electrons. The Labute approximate surface area is 91.1 Å². The van der Waals surface area contributed by atoms with Crippen LogP contribution in [0.4, 0.5) is 0 Å². The highest BCUT2D eigenvalue weighted by atomic mass is 32.2. The molecule has 0 aromatic heterocycles. The quantitative estimate of drug-likeness (QED) is 0.744. The average Bonchev–Trinajstić information content (AvgIpc) is 2.60. The standard InChI is InChI=1S/C10H19NO3S/c1-15(13,14)6-5-10(12)9-4-2-3-8(9)7-11/h8-9H,2-7,11H2,1H3. The van der Waals surface area contributed by atoms with Crippen molar-refractivity contribution in [3.8, 4) is 0 Å². The maximum Gasteiger partial charge on any atom is 0.147 e. The average molecular weight is 233 g/mol. The normalized spacial score (nSPS) is 26.8. The van der Waals surface area contributed by atoms with E-state index in [9.17, 15) is 13.2 Å². The molecule has 1 aliphatic rings. The molecular formula is C10H19NO3S. The maximum atomic E-state index is 11.7. The lowest BCUT2D eigenvalue weighted by atomic mass is 9.91. The second-order valence-corrected chi connectivity index (χ2v) is 6.64. The van der Waals surface area contributed by atoms with Crippen LogP contribution in [0.1, 0.15) is 25.7 Å². The molecule has 2 N–H and O–H groups in total. The first-order chi connectivity index (χ1) is 6.94. The van der Waals surface area contributed by atoms with Gasteiger partial charge in [0.05, 0.1) is 5.75 Å². The number of nitrogens with two attached hydrogens (primary N) is 1. The second kappa shape index (κ2) is 5.07. The van der Waals surface area contributed by atoms with Gasteiger partial charge in [-0.3, -0.25) is 4.79 Å². The summed E-state index contributed by atoms with van der Waals surface area (Å²) in [4.78, 5) is 11.7. The van der Waals surface area contributed by atoms with Gasteiger partial charge in [-0.25, -0.2) is 8.42 Å². The van der Waals surface area contributed by atoms with Gasteiger partial charge < -0.3 is 5.73 Å². The summed E-state index contributed by atoms with van der Waals surface area (Å²) >= 11 is 0. The largest absolute Gasteiger partial charge is 0.330 e. The number of hydrogen-bond donors (Lipinski definition) is 1. The van der Waals surface area contributed by atoms with Crippen molar-refractivity contribution >= 4 is 15.6 Å². The summed E-state index contributed by atoms with van der Waals surface area (Å²) in [6.45, 7) is 0.537. The van der Waals surface area contributed by atoms with Crippen LogP contribution in [0, 0.1) is 11.8 Å². The summed E-state index contributed by atoms with van der Waals surface area (Å²) in [5, 5.41) is 0. The van der Waals surface area contributed by atoms with Crippen molar-refractivity contribution in [2.45, 2.75) is 25.7 Å². The summed E-state index contributed by atoms with van der Waals surface area (Å²) in [6.07, 6.45) is 4.24. The van der Waals surface area contributed by atoms with Crippen molar-refractivity contribution < 1.29 is 13.2 Å². The molecule has 4 nitrogen and oxygen atoms in total. The summed E-state index contributed by atoms with van der Waals surface area (Å²) in [6, 6.07) is 0. The Morgan fingerprint density at radius 3 is 2.60 bits per heavy atom. The molecule has 0 spiro atoms. The Bertz CT molecular complexity index is 324. The highest BCUT2D eigenvalue weighted by Gasteiger charge is 2.31. The van der Waals surface area contributed by atoms with Crippen LogP contribution in [-0.4, -0.2) is 32.8 Å². The minimum absolute atomic E-state index is 0.0109. The molecule has 0 saturated heterocycles.